The summed E-state index contributed by atoms with van der Waals surface area (Å²) in [5, 5.41) is 11.3. The second-order valence-electron chi connectivity index (χ2n) is 5.61. The molecule has 0 aromatic carbocycles. The Morgan fingerprint density at radius 2 is 1.92 bits per heavy atom. The second kappa shape index (κ2) is 5.41. The van der Waals surface area contributed by atoms with Gasteiger partial charge in [-0.1, -0.05) is 0 Å². The summed E-state index contributed by atoms with van der Waals surface area (Å²) < 4.78 is 3.81. The maximum atomic E-state index is 4.50. The van der Waals surface area contributed by atoms with E-state index in [2.05, 4.69) is 35.9 Å². The van der Waals surface area contributed by atoms with E-state index in [1.807, 2.05) is 48.8 Å². The molecular weight excluding hydrogens is 314 g/mol. The largest absolute Gasteiger partial charge is 0.299 e. The first-order valence-electron chi connectivity index (χ1n) is 7.82. The van der Waals surface area contributed by atoms with Gasteiger partial charge in [-0.25, -0.2) is 14.6 Å². The summed E-state index contributed by atoms with van der Waals surface area (Å²) in [7, 11) is 0. The number of H-pyrrole nitrogens is 1. The molecule has 0 saturated carbocycles. The van der Waals surface area contributed by atoms with Gasteiger partial charge in [0.2, 0.25) is 0 Å². The summed E-state index contributed by atoms with van der Waals surface area (Å²) in [5.74, 6) is 0.766. The molecule has 0 aliphatic rings. The number of fused-ring (bicyclic) bond motifs is 1. The van der Waals surface area contributed by atoms with Crippen LogP contribution in [0.3, 0.4) is 0 Å². The van der Waals surface area contributed by atoms with Gasteiger partial charge < -0.3 is 0 Å². The van der Waals surface area contributed by atoms with Gasteiger partial charge in [0.05, 0.1) is 17.6 Å². The fraction of sp³-hybridized carbons (Fsp3) is 0. The van der Waals surface area contributed by atoms with Gasteiger partial charge in [-0.2, -0.15) is 10.2 Å². The first-order valence-corrected chi connectivity index (χ1v) is 7.82. The monoisotopic (exact) mass is 327 g/mol. The molecule has 0 fully saturated rings. The van der Waals surface area contributed by atoms with E-state index in [1.165, 1.54) is 0 Å². The SMILES string of the molecule is c1cnn(-c2cc(-c3cnc4ccc(-c5ccn[nH]5)cn34)ccn2)c1. The Hall–Kier alpha value is -3.74. The Morgan fingerprint density at radius 3 is 2.76 bits per heavy atom. The van der Waals surface area contributed by atoms with Crippen LogP contribution in [0.1, 0.15) is 0 Å². The van der Waals surface area contributed by atoms with Gasteiger partial charge in [-0.3, -0.25) is 9.50 Å². The van der Waals surface area contributed by atoms with E-state index in [9.17, 15) is 0 Å². The van der Waals surface area contributed by atoms with Crippen LogP contribution >= 0.6 is 0 Å². The van der Waals surface area contributed by atoms with Crippen molar-refractivity contribution in [3.63, 3.8) is 0 Å². The lowest BCUT2D eigenvalue weighted by Gasteiger charge is -2.06. The maximum Gasteiger partial charge on any atom is 0.153 e. The molecule has 5 aromatic heterocycles. The topological polar surface area (TPSA) is 76.7 Å². The molecule has 0 spiro atoms. The van der Waals surface area contributed by atoms with E-state index in [-0.39, 0.29) is 0 Å². The average Bonchev–Trinajstić information content (AvgIpc) is 3.42. The van der Waals surface area contributed by atoms with Crippen LogP contribution in [0.5, 0.6) is 0 Å². The standard InChI is InChI=1S/C18H13N7/c1-6-22-25(9-1)18-10-13(4-7-19-18)16-11-20-17-3-2-14(12-24(16)17)15-5-8-21-23-15/h1-12H,(H,21,23). The number of aromatic amines is 1. The minimum atomic E-state index is 0.766. The zero-order valence-corrected chi connectivity index (χ0v) is 13.1. The Morgan fingerprint density at radius 1 is 0.920 bits per heavy atom. The molecule has 1 N–H and O–H groups in total. The third-order valence-electron chi connectivity index (χ3n) is 4.10. The Bertz CT molecular complexity index is 1140. The normalized spacial score (nSPS) is 11.2. The lowest BCUT2D eigenvalue weighted by atomic mass is 10.2. The van der Waals surface area contributed by atoms with Gasteiger partial charge in [0.25, 0.3) is 0 Å². The van der Waals surface area contributed by atoms with Crippen molar-refractivity contribution < 1.29 is 0 Å². The molecule has 5 heterocycles. The second-order valence-corrected chi connectivity index (χ2v) is 5.61. The molecule has 0 radical (unpaired) electrons. The highest BCUT2D eigenvalue weighted by atomic mass is 15.3. The predicted molar refractivity (Wildman–Crippen MR) is 93.1 cm³/mol. The first-order chi connectivity index (χ1) is 12.4. The summed E-state index contributed by atoms with van der Waals surface area (Å²) in [5.41, 5.74) is 4.91. The van der Waals surface area contributed by atoms with Gasteiger partial charge in [0.1, 0.15) is 5.65 Å². The van der Waals surface area contributed by atoms with E-state index in [4.69, 9.17) is 0 Å². The van der Waals surface area contributed by atoms with Crippen LogP contribution in [-0.4, -0.2) is 34.3 Å². The summed E-state index contributed by atoms with van der Waals surface area (Å²) in [6.45, 7) is 0. The zero-order chi connectivity index (χ0) is 16.6. The Labute approximate surface area is 142 Å². The van der Waals surface area contributed by atoms with Crippen molar-refractivity contribution in [3.05, 3.63) is 73.6 Å². The van der Waals surface area contributed by atoms with Crippen molar-refractivity contribution in [1.82, 2.24) is 34.3 Å². The van der Waals surface area contributed by atoms with Crippen LogP contribution in [0.2, 0.25) is 0 Å². The predicted octanol–water partition coefficient (Wildman–Crippen LogP) is 2.97. The van der Waals surface area contributed by atoms with Crippen molar-refractivity contribution >= 4 is 5.65 Å². The minimum absolute atomic E-state index is 0.766. The van der Waals surface area contributed by atoms with Gasteiger partial charge in [-0.05, 0) is 36.4 Å². The van der Waals surface area contributed by atoms with Crippen LogP contribution in [-0.2, 0) is 0 Å². The van der Waals surface area contributed by atoms with Gasteiger partial charge in [0.15, 0.2) is 5.82 Å². The molecule has 7 heteroatoms. The Balaban J connectivity index is 1.66. The van der Waals surface area contributed by atoms with Gasteiger partial charge >= 0.3 is 0 Å². The number of rotatable bonds is 3. The highest BCUT2D eigenvalue weighted by molar-refractivity contribution is 5.68. The van der Waals surface area contributed by atoms with E-state index in [0.29, 0.717) is 0 Å². The van der Waals surface area contributed by atoms with E-state index < -0.39 is 0 Å². The van der Waals surface area contributed by atoms with Crippen molar-refractivity contribution in [1.29, 1.82) is 0 Å². The molecule has 120 valence electrons. The molecule has 0 amide bonds. The number of pyridine rings is 2. The van der Waals surface area contributed by atoms with Crippen molar-refractivity contribution in [2.24, 2.45) is 0 Å². The molecule has 0 unspecified atom stereocenters. The first kappa shape index (κ1) is 13.7. The molecule has 5 aromatic rings. The molecule has 7 nitrogen and oxygen atoms in total. The molecule has 0 bridgehead atoms. The maximum absolute atomic E-state index is 4.50. The minimum Gasteiger partial charge on any atom is -0.299 e. The summed E-state index contributed by atoms with van der Waals surface area (Å²) in [6.07, 6.45) is 11.1. The lowest BCUT2D eigenvalue weighted by Crippen LogP contribution is -1.98. The van der Waals surface area contributed by atoms with Crippen LogP contribution < -0.4 is 0 Å². The quantitative estimate of drug-likeness (QED) is 0.553. The van der Waals surface area contributed by atoms with Crippen molar-refractivity contribution in [3.8, 4) is 28.3 Å². The van der Waals surface area contributed by atoms with Crippen LogP contribution in [0.25, 0.3) is 34.0 Å². The molecule has 0 saturated heterocycles. The molecule has 0 aliphatic carbocycles. The van der Waals surface area contributed by atoms with E-state index in [1.54, 1.807) is 23.3 Å². The molecule has 5 rings (SSSR count). The molecule has 25 heavy (non-hydrogen) atoms. The smallest absolute Gasteiger partial charge is 0.153 e. The average molecular weight is 327 g/mol. The molecule has 0 aliphatic heterocycles. The number of imidazole rings is 1. The van der Waals surface area contributed by atoms with Gasteiger partial charge in [0, 0.05) is 42.1 Å². The fourth-order valence-corrected chi connectivity index (χ4v) is 2.88. The Kier molecular flexibility index (Phi) is 2.96. The van der Waals surface area contributed by atoms with Crippen molar-refractivity contribution in [2.45, 2.75) is 0 Å². The third kappa shape index (κ3) is 2.29. The van der Waals surface area contributed by atoms with Crippen molar-refractivity contribution in [2.75, 3.05) is 0 Å². The lowest BCUT2D eigenvalue weighted by molar-refractivity contribution is 0.847. The van der Waals surface area contributed by atoms with E-state index >= 15 is 0 Å². The van der Waals surface area contributed by atoms with E-state index in [0.717, 1.165) is 34.0 Å². The van der Waals surface area contributed by atoms with Crippen LogP contribution in [0.15, 0.2) is 73.6 Å². The molecular formula is C18H13N7. The number of nitrogens with one attached hydrogen (secondary N) is 1. The van der Waals surface area contributed by atoms with Crippen LogP contribution in [0.4, 0.5) is 0 Å². The highest BCUT2D eigenvalue weighted by Gasteiger charge is 2.09. The fourth-order valence-electron chi connectivity index (χ4n) is 2.88. The summed E-state index contributed by atoms with van der Waals surface area (Å²) >= 11 is 0. The highest BCUT2D eigenvalue weighted by Crippen LogP contribution is 2.25. The van der Waals surface area contributed by atoms with Crippen LogP contribution in [0, 0.1) is 0 Å². The number of hydrogen-bond donors (Lipinski definition) is 1. The summed E-state index contributed by atoms with van der Waals surface area (Å²) in [4.78, 5) is 8.89. The number of nitrogens with zero attached hydrogens (tertiary/aromatic N) is 6. The number of aromatic nitrogens is 7. The molecule has 0 atom stereocenters. The van der Waals surface area contributed by atoms with Gasteiger partial charge in [-0.15, -0.1) is 0 Å². The number of hydrogen-bond acceptors (Lipinski definition) is 4. The summed E-state index contributed by atoms with van der Waals surface area (Å²) in [6, 6.07) is 11.8. The third-order valence-corrected chi connectivity index (χ3v) is 4.10. The zero-order valence-electron chi connectivity index (χ0n) is 13.1.